The maximum atomic E-state index is 13.0. The molecule has 0 spiro atoms. The van der Waals surface area contributed by atoms with Gasteiger partial charge < -0.3 is 33.7 Å². The first-order chi connectivity index (χ1) is 18.7. The van der Waals surface area contributed by atoms with Crippen LogP contribution in [0.15, 0.2) is 42.6 Å². The van der Waals surface area contributed by atoms with Crippen LogP contribution in [0.5, 0.6) is 17.2 Å². The standard InChI is InChI=1S/C28H38N2O9/c1-7-16-35-22(8-2)25(39-21-12-10-9-11-13-21)19(4)38-28(33)18(3)30-27(32)24-26(37-17-36-20(5)31)23(34-6)14-15-29-24/h9-15,18-19,22,25H,7-8,16-17H2,1-6H3,(H,30,32)/t18?,19-,22-,25-/m0/s1. The average Bonchev–Trinajstić information content (AvgIpc) is 2.92. The summed E-state index contributed by atoms with van der Waals surface area (Å²) >= 11 is 0. The number of hydrogen-bond acceptors (Lipinski definition) is 10. The molecule has 0 radical (unpaired) electrons. The summed E-state index contributed by atoms with van der Waals surface area (Å²) in [7, 11) is 1.39. The molecule has 1 heterocycles. The van der Waals surface area contributed by atoms with Gasteiger partial charge in [-0.05, 0) is 38.8 Å². The van der Waals surface area contributed by atoms with Crippen LogP contribution in [0.4, 0.5) is 0 Å². The fraction of sp³-hybridized carbons (Fsp3) is 0.500. The van der Waals surface area contributed by atoms with Gasteiger partial charge in [-0.1, -0.05) is 32.0 Å². The fourth-order valence-corrected chi connectivity index (χ4v) is 3.58. The molecule has 2 aromatic rings. The minimum absolute atomic E-state index is 0.0390. The number of nitrogens with one attached hydrogen (secondary N) is 1. The van der Waals surface area contributed by atoms with Gasteiger partial charge in [0, 0.05) is 25.8 Å². The van der Waals surface area contributed by atoms with Crippen molar-refractivity contribution in [1.29, 1.82) is 0 Å². The Balaban J connectivity index is 2.13. The van der Waals surface area contributed by atoms with Gasteiger partial charge in [0.2, 0.25) is 6.79 Å². The highest BCUT2D eigenvalue weighted by Gasteiger charge is 2.33. The summed E-state index contributed by atoms with van der Waals surface area (Å²) in [6.07, 6.45) is 1.22. The minimum atomic E-state index is -1.04. The Hall–Kier alpha value is -3.86. The highest BCUT2D eigenvalue weighted by molar-refractivity contribution is 5.98. The third kappa shape index (κ3) is 9.75. The Morgan fingerprint density at radius 3 is 2.38 bits per heavy atom. The molecule has 0 aliphatic heterocycles. The van der Waals surface area contributed by atoms with E-state index in [0.29, 0.717) is 18.8 Å². The number of pyridine rings is 1. The normalized spacial score (nSPS) is 13.8. The van der Waals surface area contributed by atoms with E-state index in [-0.39, 0.29) is 23.3 Å². The number of nitrogens with zero attached hydrogens (tertiary/aromatic N) is 1. The van der Waals surface area contributed by atoms with E-state index in [9.17, 15) is 14.4 Å². The molecule has 1 amide bonds. The van der Waals surface area contributed by atoms with Gasteiger partial charge in [-0.25, -0.2) is 9.78 Å². The molecule has 214 valence electrons. The van der Waals surface area contributed by atoms with Gasteiger partial charge in [-0.15, -0.1) is 0 Å². The molecule has 11 nitrogen and oxygen atoms in total. The first-order valence-corrected chi connectivity index (χ1v) is 12.9. The molecule has 11 heteroatoms. The van der Waals surface area contributed by atoms with Crippen molar-refractivity contribution in [2.75, 3.05) is 20.5 Å². The van der Waals surface area contributed by atoms with Crippen LogP contribution in [0.2, 0.25) is 0 Å². The topological polar surface area (TPSA) is 132 Å². The molecular weight excluding hydrogens is 508 g/mol. The number of para-hydroxylation sites is 1. The predicted molar refractivity (Wildman–Crippen MR) is 142 cm³/mol. The SMILES string of the molecule is CCCO[C@@H](CC)[C@@H](Oc1ccccc1)[C@H](C)OC(=O)C(C)NC(=O)c1nccc(OC)c1OCOC(C)=O. The molecule has 1 aromatic carbocycles. The molecule has 0 saturated carbocycles. The van der Waals surface area contributed by atoms with E-state index in [4.69, 9.17) is 28.4 Å². The molecule has 1 N–H and O–H groups in total. The van der Waals surface area contributed by atoms with Crippen LogP contribution in [0, 0.1) is 0 Å². The molecule has 0 bridgehead atoms. The number of carbonyl (C=O) groups is 3. The molecular formula is C28H38N2O9. The summed E-state index contributed by atoms with van der Waals surface area (Å²) in [4.78, 5) is 41.1. The van der Waals surface area contributed by atoms with Crippen LogP contribution in [0.3, 0.4) is 0 Å². The number of benzene rings is 1. The number of methoxy groups -OCH3 is 1. The van der Waals surface area contributed by atoms with Crippen molar-refractivity contribution in [3.63, 3.8) is 0 Å². The average molecular weight is 547 g/mol. The summed E-state index contributed by atoms with van der Waals surface area (Å²) in [6.45, 7) is 8.51. The molecule has 1 unspecified atom stereocenters. The smallest absolute Gasteiger partial charge is 0.328 e. The zero-order chi connectivity index (χ0) is 28.8. The van der Waals surface area contributed by atoms with E-state index in [2.05, 4.69) is 10.3 Å². The highest BCUT2D eigenvalue weighted by Crippen LogP contribution is 2.29. The van der Waals surface area contributed by atoms with Crippen LogP contribution in [-0.4, -0.2) is 67.7 Å². The molecule has 39 heavy (non-hydrogen) atoms. The second kappa shape index (κ2) is 16.2. The number of hydrogen-bond donors (Lipinski definition) is 1. The quantitative estimate of drug-likeness (QED) is 0.246. The van der Waals surface area contributed by atoms with Gasteiger partial charge in [0.15, 0.2) is 23.3 Å². The monoisotopic (exact) mass is 546 g/mol. The van der Waals surface area contributed by atoms with Gasteiger partial charge >= 0.3 is 11.9 Å². The Morgan fingerprint density at radius 1 is 1.05 bits per heavy atom. The summed E-state index contributed by atoms with van der Waals surface area (Å²) < 4.78 is 33.3. The molecule has 0 fully saturated rings. The molecule has 0 saturated heterocycles. The number of amides is 1. The molecule has 1 aromatic heterocycles. The zero-order valence-electron chi connectivity index (χ0n) is 23.3. The van der Waals surface area contributed by atoms with Crippen LogP contribution < -0.4 is 19.5 Å². The van der Waals surface area contributed by atoms with Crippen LogP contribution in [0.1, 0.15) is 57.9 Å². The highest BCUT2D eigenvalue weighted by atomic mass is 16.7. The van der Waals surface area contributed by atoms with Gasteiger partial charge in [0.25, 0.3) is 5.91 Å². The maximum Gasteiger partial charge on any atom is 0.328 e. The van der Waals surface area contributed by atoms with Crippen molar-refractivity contribution in [3.8, 4) is 17.2 Å². The Labute approximate surface area is 229 Å². The Morgan fingerprint density at radius 2 is 1.77 bits per heavy atom. The molecule has 2 rings (SSSR count). The van der Waals surface area contributed by atoms with E-state index in [0.717, 1.165) is 6.42 Å². The number of carbonyl (C=O) groups excluding carboxylic acids is 3. The number of ether oxygens (including phenoxy) is 6. The zero-order valence-corrected chi connectivity index (χ0v) is 23.3. The number of rotatable bonds is 16. The van der Waals surface area contributed by atoms with Gasteiger partial charge in [0.1, 0.15) is 17.9 Å². The predicted octanol–water partition coefficient (Wildman–Crippen LogP) is 3.69. The van der Waals surface area contributed by atoms with Crippen molar-refractivity contribution < 1.29 is 42.8 Å². The Bertz CT molecular complexity index is 1060. The van der Waals surface area contributed by atoms with Crippen molar-refractivity contribution in [2.45, 2.75) is 71.8 Å². The maximum absolute atomic E-state index is 13.0. The van der Waals surface area contributed by atoms with Crippen LogP contribution in [-0.2, 0) is 23.8 Å². The summed E-state index contributed by atoms with van der Waals surface area (Å²) in [6, 6.07) is 9.67. The lowest BCUT2D eigenvalue weighted by molar-refractivity contribution is -0.160. The Kier molecular flexibility index (Phi) is 13.0. The first kappa shape index (κ1) is 31.4. The summed E-state index contributed by atoms with van der Waals surface area (Å²) in [5.74, 6) is -1.16. The fourth-order valence-electron chi connectivity index (χ4n) is 3.58. The van der Waals surface area contributed by atoms with E-state index in [1.165, 1.54) is 33.2 Å². The lowest BCUT2D eigenvalue weighted by atomic mass is 10.1. The van der Waals surface area contributed by atoms with Gasteiger partial charge in [-0.2, -0.15) is 0 Å². The molecule has 0 aliphatic carbocycles. The minimum Gasteiger partial charge on any atom is -0.493 e. The van der Waals surface area contributed by atoms with Crippen molar-refractivity contribution in [3.05, 3.63) is 48.3 Å². The first-order valence-electron chi connectivity index (χ1n) is 12.9. The van der Waals surface area contributed by atoms with Crippen molar-refractivity contribution in [2.24, 2.45) is 0 Å². The number of aromatic nitrogens is 1. The lowest BCUT2D eigenvalue weighted by Crippen LogP contribution is -2.47. The van der Waals surface area contributed by atoms with E-state index >= 15 is 0 Å². The third-order valence-electron chi connectivity index (χ3n) is 5.55. The lowest BCUT2D eigenvalue weighted by Gasteiger charge is -2.32. The van der Waals surface area contributed by atoms with Crippen LogP contribution >= 0.6 is 0 Å². The number of esters is 2. The second-order valence-corrected chi connectivity index (χ2v) is 8.64. The van der Waals surface area contributed by atoms with Crippen LogP contribution in [0.25, 0.3) is 0 Å². The van der Waals surface area contributed by atoms with E-state index < -0.39 is 42.9 Å². The second-order valence-electron chi connectivity index (χ2n) is 8.64. The molecule has 4 atom stereocenters. The summed E-state index contributed by atoms with van der Waals surface area (Å²) in [5, 5.41) is 2.57. The van der Waals surface area contributed by atoms with Crippen molar-refractivity contribution in [1.82, 2.24) is 10.3 Å². The summed E-state index contributed by atoms with van der Waals surface area (Å²) in [5.41, 5.74) is -0.154. The van der Waals surface area contributed by atoms with Gasteiger partial charge in [-0.3, -0.25) is 9.59 Å². The van der Waals surface area contributed by atoms with Crippen molar-refractivity contribution >= 4 is 17.8 Å². The molecule has 0 aliphatic rings. The largest absolute Gasteiger partial charge is 0.493 e. The van der Waals surface area contributed by atoms with Gasteiger partial charge in [0.05, 0.1) is 13.2 Å². The van der Waals surface area contributed by atoms with E-state index in [1.807, 2.05) is 44.2 Å². The third-order valence-corrected chi connectivity index (χ3v) is 5.55. The van der Waals surface area contributed by atoms with E-state index in [1.54, 1.807) is 6.92 Å².